The topological polar surface area (TPSA) is 56.7 Å². The lowest BCUT2D eigenvalue weighted by molar-refractivity contribution is -0.121. The van der Waals surface area contributed by atoms with Crippen LogP contribution in [0, 0.1) is 5.92 Å². The summed E-state index contributed by atoms with van der Waals surface area (Å²) in [4.78, 5) is 18.9. The predicted molar refractivity (Wildman–Crippen MR) is 111 cm³/mol. The summed E-state index contributed by atoms with van der Waals surface area (Å²) in [6.45, 7) is 5.83. The molecule has 1 aromatic carbocycles. The molecule has 0 bridgehead atoms. The lowest BCUT2D eigenvalue weighted by Gasteiger charge is -2.34. The lowest BCUT2D eigenvalue weighted by Crippen LogP contribution is -2.46. The summed E-state index contributed by atoms with van der Waals surface area (Å²) in [6.07, 6.45) is 7.30. The molecule has 0 aromatic heterocycles. The maximum absolute atomic E-state index is 11.8. The fraction of sp³-hybridized carbons (Fsp3) is 0.636. The van der Waals surface area contributed by atoms with Crippen molar-refractivity contribution >= 4 is 11.9 Å². The van der Waals surface area contributed by atoms with E-state index in [1.807, 2.05) is 0 Å². The van der Waals surface area contributed by atoms with Crippen molar-refractivity contribution in [3.8, 4) is 0 Å². The maximum atomic E-state index is 11.8. The molecule has 0 atom stereocenters. The van der Waals surface area contributed by atoms with Crippen molar-refractivity contribution < 1.29 is 4.79 Å². The van der Waals surface area contributed by atoms with E-state index in [1.165, 1.54) is 24.8 Å². The van der Waals surface area contributed by atoms with Crippen LogP contribution in [0.2, 0.25) is 0 Å². The highest BCUT2D eigenvalue weighted by Gasteiger charge is 2.23. The van der Waals surface area contributed by atoms with Crippen LogP contribution in [0.15, 0.2) is 35.3 Å². The summed E-state index contributed by atoms with van der Waals surface area (Å²) in [6, 6.07) is 11.3. The predicted octanol–water partition coefficient (Wildman–Crippen LogP) is 2.97. The summed E-state index contributed by atoms with van der Waals surface area (Å²) in [5, 5.41) is 6.46. The Labute approximate surface area is 163 Å². The van der Waals surface area contributed by atoms with Gasteiger partial charge >= 0.3 is 0 Å². The number of amides is 1. The number of hydrogen-bond acceptors (Lipinski definition) is 2. The fourth-order valence-electron chi connectivity index (χ4n) is 3.67. The lowest BCUT2D eigenvalue weighted by atomic mass is 9.90. The number of carbonyl (C=O) groups excluding carboxylic acids is 1. The second kappa shape index (κ2) is 10.3. The molecule has 1 aliphatic heterocycles. The van der Waals surface area contributed by atoms with Gasteiger partial charge in [0.2, 0.25) is 5.91 Å². The molecule has 0 radical (unpaired) electrons. The highest BCUT2D eigenvalue weighted by molar-refractivity contribution is 5.80. The van der Waals surface area contributed by atoms with Gasteiger partial charge in [-0.1, -0.05) is 30.3 Å². The monoisotopic (exact) mass is 370 g/mol. The van der Waals surface area contributed by atoms with E-state index in [-0.39, 0.29) is 5.91 Å². The summed E-state index contributed by atoms with van der Waals surface area (Å²) in [7, 11) is 0. The number of likely N-dealkylation sites (tertiary alicyclic amines) is 1. The van der Waals surface area contributed by atoms with Crippen molar-refractivity contribution in [2.75, 3.05) is 26.2 Å². The van der Waals surface area contributed by atoms with Crippen LogP contribution in [0.1, 0.15) is 51.0 Å². The molecule has 27 heavy (non-hydrogen) atoms. The van der Waals surface area contributed by atoms with Crippen LogP contribution in [-0.4, -0.2) is 49.0 Å². The average Bonchev–Trinajstić information content (AvgIpc) is 3.50. The Morgan fingerprint density at radius 1 is 1.15 bits per heavy atom. The van der Waals surface area contributed by atoms with E-state index in [0.29, 0.717) is 19.0 Å². The Kier molecular flexibility index (Phi) is 7.55. The zero-order chi connectivity index (χ0) is 18.9. The molecule has 5 nitrogen and oxygen atoms in total. The van der Waals surface area contributed by atoms with Crippen molar-refractivity contribution in [2.24, 2.45) is 10.9 Å². The Balaban J connectivity index is 1.40. The SMILES string of the molecule is CCNC(=NCCCC(=O)NC1CC1)N1CCC(Cc2ccccc2)CC1. The quantitative estimate of drug-likeness (QED) is 0.420. The van der Waals surface area contributed by atoms with Gasteiger partial charge in [0.15, 0.2) is 5.96 Å². The molecule has 2 N–H and O–H groups in total. The molecule has 5 heteroatoms. The van der Waals surface area contributed by atoms with Crippen LogP contribution in [0.25, 0.3) is 0 Å². The second-order valence-corrected chi connectivity index (χ2v) is 7.80. The average molecular weight is 371 g/mol. The molecule has 0 unspecified atom stereocenters. The van der Waals surface area contributed by atoms with Crippen LogP contribution in [0.4, 0.5) is 0 Å². The van der Waals surface area contributed by atoms with Crippen LogP contribution in [-0.2, 0) is 11.2 Å². The number of benzene rings is 1. The van der Waals surface area contributed by atoms with E-state index in [9.17, 15) is 4.79 Å². The van der Waals surface area contributed by atoms with Gasteiger partial charge in [0.25, 0.3) is 0 Å². The molecule has 0 spiro atoms. The molecule has 2 aliphatic rings. The second-order valence-electron chi connectivity index (χ2n) is 7.80. The third-order valence-electron chi connectivity index (χ3n) is 5.38. The maximum Gasteiger partial charge on any atom is 0.220 e. The van der Waals surface area contributed by atoms with Crippen molar-refractivity contribution in [3.05, 3.63) is 35.9 Å². The Bertz CT molecular complexity index is 604. The molecule has 1 aliphatic carbocycles. The Morgan fingerprint density at radius 2 is 1.89 bits per heavy atom. The molecule has 3 rings (SSSR count). The molecule has 1 heterocycles. The summed E-state index contributed by atoms with van der Waals surface area (Å²) >= 11 is 0. The minimum atomic E-state index is 0.180. The van der Waals surface area contributed by atoms with Crippen molar-refractivity contribution in [3.63, 3.8) is 0 Å². The molecule has 1 aromatic rings. The van der Waals surface area contributed by atoms with Gasteiger partial charge < -0.3 is 15.5 Å². The fourth-order valence-corrected chi connectivity index (χ4v) is 3.67. The number of nitrogens with zero attached hydrogens (tertiary/aromatic N) is 2. The summed E-state index contributed by atoms with van der Waals surface area (Å²) in [5.74, 6) is 1.95. The molecule has 1 amide bonds. The van der Waals surface area contributed by atoms with Crippen molar-refractivity contribution in [1.82, 2.24) is 15.5 Å². The largest absolute Gasteiger partial charge is 0.357 e. The minimum absolute atomic E-state index is 0.180. The van der Waals surface area contributed by atoms with E-state index in [0.717, 1.165) is 50.8 Å². The summed E-state index contributed by atoms with van der Waals surface area (Å²) < 4.78 is 0. The van der Waals surface area contributed by atoms with Gasteiger partial charge in [-0.2, -0.15) is 0 Å². The molecule has 148 valence electrons. The smallest absolute Gasteiger partial charge is 0.220 e. The van der Waals surface area contributed by atoms with Crippen LogP contribution in [0.3, 0.4) is 0 Å². The first kappa shape index (κ1) is 19.7. The third kappa shape index (κ3) is 6.89. The van der Waals surface area contributed by atoms with Gasteiger partial charge in [-0.3, -0.25) is 9.79 Å². The zero-order valence-electron chi connectivity index (χ0n) is 16.6. The Morgan fingerprint density at radius 3 is 2.56 bits per heavy atom. The standard InChI is InChI=1S/C22H34N4O/c1-2-23-22(24-14-6-9-21(27)25-20-10-11-20)26-15-12-19(13-16-26)17-18-7-4-3-5-8-18/h3-5,7-8,19-20H,2,6,9-17H2,1H3,(H,23,24)(H,25,27). The van der Waals surface area contributed by atoms with Gasteiger partial charge in [0.05, 0.1) is 0 Å². The number of carbonyl (C=O) groups is 1. The molecule has 1 saturated heterocycles. The number of piperidine rings is 1. The summed E-state index contributed by atoms with van der Waals surface area (Å²) in [5.41, 5.74) is 1.45. The van der Waals surface area contributed by atoms with Gasteiger partial charge in [0.1, 0.15) is 0 Å². The van der Waals surface area contributed by atoms with Crippen LogP contribution < -0.4 is 10.6 Å². The first-order chi connectivity index (χ1) is 13.2. The normalized spacial score (nSPS) is 18.4. The Hall–Kier alpha value is -2.04. The number of nitrogens with one attached hydrogen (secondary N) is 2. The number of guanidine groups is 1. The van der Waals surface area contributed by atoms with E-state index < -0.39 is 0 Å². The highest BCUT2D eigenvalue weighted by atomic mass is 16.1. The zero-order valence-corrected chi connectivity index (χ0v) is 16.6. The number of rotatable bonds is 8. The molecular weight excluding hydrogens is 336 g/mol. The third-order valence-corrected chi connectivity index (χ3v) is 5.38. The van der Waals surface area contributed by atoms with E-state index in [2.05, 4.69) is 52.8 Å². The van der Waals surface area contributed by atoms with Crippen molar-refractivity contribution in [2.45, 2.75) is 57.9 Å². The first-order valence-electron chi connectivity index (χ1n) is 10.6. The van der Waals surface area contributed by atoms with Gasteiger partial charge in [-0.25, -0.2) is 0 Å². The van der Waals surface area contributed by atoms with Gasteiger partial charge in [0, 0.05) is 38.6 Å². The number of hydrogen-bond donors (Lipinski definition) is 2. The molecule has 1 saturated carbocycles. The van der Waals surface area contributed by atoms with Gasteiger partial charge in [-0.15, -0.1) is 0 Å². The van der Waals surface area contributed by atoms with E-state index >= 15 is 0 Å². The van der Waals surface area contributed by atoms with E-state index in [1.54, 1.807) is 0 Å². The van der Waals surface area contributed by atoms with Crippen molar-refractivity contribution in [1.29, 1.82) is 0 Å². The van der Waals surface area contributed by atoms with E-state index in [4.69, 9.17) is 4.99 Å². The number of aliphatic imine (C=N–C) groups is 1. The molecular formula is C22H34N4O. The minimum Gasteiger partial charge on any atom is -0.357 e. The first-order valence-corrected chi connectivity index (χ1v) is 10.6. The van der Waals surface area contributed by atoms with Gasteiger partial charge in [-0.05, 0) is 56.9 Å². The highest BCUT2D eigenvalue weighted by Crippen LogP contribution is 2.22. The molecule has 2 fully saturated rings. The van der Waals surface area contributed by atoms with Crippen LogP contribution in [0.5, 0.6) is 0 Å². The van der Waals surface area contributed by atoms with Crippen LogP contribution >= 0.6 is 0 Å².